The fourth-order valence-corrected chi connectivity index (χ4v) is 3.17. The van der Waals surface area contributed by atoms with Crippen molar-refractivity contribution in [2.45, 2.75) is 4.90 Å². The van der Waals surface area contributed by atoms with Gasteiger partial charge in [0.2, 0.25) is 0 Å². The molecule has 0 aliphatic rings. The van der Waals surface area contributed by atoms with E-state index < -0.39 is 10.0 Å². The average molecular weight is 274 g/mol. The van der Waals surface area contributed by atoms with E-state index in [4.69, 9.17) is 5.73 Å². The molecule has 0 saturated heterocycles. The van der Waals surface area contributed by atoms with Crippen molar-refractivity contribution >= 4 is 26.9 Å². The molecular formula is C12H10N4O2S. The van der Waals surface area contributed by atoms with E-state index in [1.807, 2.05) is 0 Å². The fourth-order valence-electron chi connectivity index (χ4n) is 1.85. The van der Waals surface area contributed by atoms with Gasteiger partial charge in [0.1, 0.15) is 12.1 Å². The van der Waals surface area contributed by atoms with Crippen LogP contribution in [0.1, 0.15) is 0 Å². The van der Waals surface area contributed by atoms with E-state index in [1.165, 1.54) is 24.7 Å². The van der Waals surface area contributed by atoms with Crippen molar-refractivity contribution in [3.8, 4) is 0 Å². The number of hydrogen-bond acceptors (Lipinski definition) is 5. The second-order valence-corrected chi connectivity index (χ2v) is 5.74. The molecule has 1 aromatic carbocycles. The molecule has 0 saturated carbocycles. The number of nitrogens with two attached hydrogens (primary N) is 1. The summed E-state index contributed by atoms with van der Waals surface area (Å²) in [7, 11) is -3.67. The number of aromatic nitrogens is 3. The van der Waals surface area contributed by atoms with Crippen LogP contribution in [0.25, 0.3) is 11.0 Å². The van der Waals surface area contributed by atoms with E-state index >= 15 is 0 Å². The topological polar surface area (TPSA) is 90.9 Å². The van der Waals surface area contributed by atoms with E-state index in [2.05, 4.69) is 9.97 Å². The van der Waals surface area contributed by atoms with Crippen LogP contribution in [0.2, 0.25) is 0 Å². The molecule has 0 aliphatic heterocycles. The number of rotatable bonds is 2. The number of nitrogens with zero attached hydrogens (tertiary/aromatic N) is 3. The molecule has 6 nitrogen and oxygen atoms in total. The fraction of sp³-hybridized carbons (Fsp3) is 0. The Balaban J connectivity index is 2.29. The standard InChI is InChI=1S/C12H10N4O2S/c13-11-10-6-7-16(12(10)15-8-14-11)19(17,18)9-4-2-1-3-5-9/h1-8H,(H2,13,14,15). The predicted octanol–water partition coefficient (Wildman–Crippen LogP) is 1.25. The van der Waals surface area contributed by atoms with Crippen molar-refractivity contribution in [1.29, 1.82) is 0 Å². The van der Waals surface area contributed by atoms with Crippen molar-refractivity contribution in [3.05, 3.63) is 48.9 Å². The van der Waals surface area contributed by atoms with Crippen molar-refractivity contribution in [2.24, 2.45) is 0 Å². The first kappa shape index (κ1) is 11.7. The third kappa shape index (κ3) is 1.75. The summed E-state index contributed by atoms with van der Waals surface area (Å²) in [5.41, 5.74) is 5.97. The maximum absolute atomic E-state index is 12.5. The maximum atomic E-state index is 12.5. The van der Waals surface area contributed by atoms with Gasteiger partial charge in [0, 0.05) is 6.20 Å². The zero-order chi connectivity index (χ0) is 13.5. The summed E-state index contributed by atoms with van der Waals surface area (Å²) in [6, 6.07) is 9.75. The lowest BCUT2D eigenvalue weighted by atomic mass is 10.4. The molecule has 7 heteroatoms. The van der Waals surface area contributed by atoms with Crippen LogP contribution in [0, 0.1) is 0 Å². The largest absolute Gasteiger partial charge is 0.383 e. The molecular weight excluding hydrogens is 264 g/mol. The lowest BCUT2D eigenvalue weighted by Gasteiger charge is -2.06. The molecule has 2 heterocycles. The van der Waals surface area contributed by atoms with Crippen molar-refractivity contribution in [1.82, 2.24) is 13.9 Å². The van der Waals surface area contributed by atoms with Crippen LogP contribution in [0.4, 0.5) is 5.82 Å². The van der Waals surface area contributed by atoms with Crippen molar-refractivity contribution in [3.63, 3.8) is 0 Å². The number of benzene rings is 1. The molecule has 3 rings (SSSR count). The Morgan fingerprint density at radius 1 is 1.05 bits per heavy atom. The van der Waals surface area contributed by atoms with Gasteiger partial charge < -0.3 is 5.73 Å². The van der Waals surface area contributed by atoms with Crippen molar-refractivity contribution in [2.75, 3.05) is 5.73 Å². The monoisotopic (exact) mass is 274 g/mol. The first-order valence-corrected chi connectivity index (χ1v) is 6.93. The first-order chi connectivity index (χ1) is 9.10. The zero-order valence-corrected chi connectivity index (χ0v) is 10.6. The molecule has 2 N–H and O–H groups in total. The first-order valence-electron chi connectivity index (χ1n) is 5.49. The van der Waals surface area contributed by atoms with E-state index in [-0.39, 0.29) is 16.4 Å². The lowest BCUT2D eigenvalue weighted by molar-refractivity contribution is 0.589. The smallest absolute Gasteiger partial charge is 0.269 e. The second kappa shape index (κ2) is 4.06. The molecule has 96 valence electrons. The van der Waals surface area contributed by atoms with Gasteiger partial charge in [-0.1, -0.05) is 18.2 Å². The lowest BCUT2D eigenvalue weighted by Crippen LogP contribution is -2.12. The van der Waals surface area contributed by atoms with Crippen LogP contribution >= 0.6 is 0 Å². The number of fused-ring (bicyclic) bond motifs is 1. The van der Waals surface area contributed by atoms with Gasteiger partial charge in [0.25, 0.3) is 10.0 Å². The molecule has 0 fully saturated rings. The third-order valence-electron chi connectivity index (χ3n) is 2.78. The summed E-state index contributed by atoms with van der Waals surface area (Å²) in [6.45, 7) is 0. The van der Waals surface area contributed by atoms with Gasteiger partial charge in [-0.2, -0.15) is 0 Å². The number of hydrogen-bond donors (Lipinski definition) is 1. The quantitative estimate of drug-likeness (QED) is 0.759. The summed E-state index contributed by atoms with van der Waals surface area (Å²) in [4.78, 5) is 8.02. The highest BCUT2D eigenvalue weighted by atomic mass is 32.2. The molecule has 0 unspecified atom stereocenters. The van der Waals surface area contributed by atoms with Crippen molar-refractivity contribution < 1.29 is 8.42 Å². The van der Waals surface area contributed by atoms with Crippen LogP contribution in [0.5, 0.6) is 0 Å². The number of anilines is 1. The minimum absolute atomic E-state index is 0.199. The second-order valence-electron chi connectivity index (χ2n) is 3.93. The van der Waals surface area contributed by atoms with Crippen LogP contribution in [0.3, 0.4) is 0 Å². The van der Waals surface area contributed by atoms with E-state index in [9.17, 15) is 8.42 Å². The minimum Gasteiger partial charge on any atom is -0.383 e. The van der Waals surface area contributed by atoms with Gasteiger partial charge in [-0.3, -0.25) is 0 Å². The highest BCUT2D eigenvalue weighted by Gasteiger charge is 2.19. The van der Waals surface area contributed by atoms with Gasteiger partial charge in [-0.25, -0.2) is 22.4 Å². The van der Waals surface area contributed by atoms with Gasteiger partial charge in [-0.05, 0) is 18.2 Å². The van der Waals surface area contributed by atoms with E-state index in [1.54, 1.807) is 24.3 Å². The SMILES string of the molecule is Nc1ncnc2c1ccn2S(=O)(=O)c1ccccc1. The Hall–Kier alpha value is -2.41. The van der Waals surface area contributed by atoms with Gasteiger partial charge in [-0.15, -0.1) is 0 Å². The molecule has 3 aromatic rings. The zero-order valence-electron chi connectivity index (χ0n) is 9.76. The summed E-state index contributed by atoms with van der Waals surface area (Å²) in [6.07, 6.45) is 2.67. The Morgan fingerprint density at radius 2 is 1.79 bits per heavy atom. The molecule has 0 radical (unpaired) electrons. The highest BCUT2D eigenvalue weighted by Crippen LogP contribution is 2.22. The molecule has 0 bridgehead atoms. The Kier molecular flexibility index (Phi) is 2.49. The molecule has 0 spiro atoms. The third-order valence-corrected chi connectivity index (χ3v) is 4.46. The summed E-state index contributed by atoms with van der Waals surface area (Å²) in [5, 5.41) is 0.516. The van der Waals surface area contributed by atoms with E-state index in [0.717, 1.165) is 3.97 Å². The minimum atomic E-state index is -3.67. The van der Waals surface area contributed by atoms with Crippen LogP contribution in [0.15, 0.2) is 53.8 Å². The summed E-state index contributed by atoms with van der Waals surface area (Å²) in [5.74, 6) is 0.256. The number of nitrogen functional groups attached to an aromatic ring is 1. The Labute approximate surface area is 109 Å². The van der Waals surface area contributed by atoms with Gasteiger partial charge >= 0.3 is 0 Å². The molecule has 19 heavy (non-hydrogen) atoms. The van der Waals surface area contributed by atoms with Crippen LogP contribution in [-0.2, 0) is 10.0 Å². The van der Waals surface area contributed by atoms with Crippen LogP contribution in [-0.4, -0.2) is 22.4 Å². The van der Waals surface area contributed by atoms with Gasteiger partial charge in [0.15, 0.2) is 5.65 Å². The Bertz CT molecular complexity index is 841. The molecule has 2 aromatic heterocycles. The molecule has 0 aliphatic carbocycles. The Morgan fingerprint density at radius 3 is 2.53 bits per heavy atom. The molecule has 0 amide bonds. The predicted molar refractivity (Wildman–Crippen MR) is 71.0 cm³/mol. The summed E-state index contributed by atoms with van der Waals surface area (Å²) >= 11 is 0. The van der Waals surface area contributed by atoms with E-state index in [0.29, 0.717) is 5.39 Å². The maximum Gasteiger partial charge on any atom is 0.269 e. The van der Waals surface area contributed by atoms with Crippen LogP contribution < -0.4 is 5.73 Å². The molecule has 0 atom stereocenters. The summed E-state index contributed by atoms with van der Waals surface area (Å²) < 4.78 is 26.1. The average Bonchev–Trinajstić information content (AvgIpc) is 2.86. The normalized spacial score (nSPS) is 11.8. The highest BCUT2D eigenvalue weighted by molar-refractivity contribution is 7.90. The van der Waals surface area contributed by atoms with Gasteiger partial charge in [0.05, 0.1) is 10.3 Å².